The van der Waals surface area contributed by atoms with Crippen molar-refractivity contribution >= 4 is 24.7 Å². The van der Waals surface area contributed by atoms with Gasteiger partial charge in [0.05, 0.1) is 6.61 Å². The van der Waals surface area contributed by atoms with Gasteiger partial charge in [-0.1, -0.05) is 0 Å². The van der Waals surface area contributed by atoms with Crippen LogP contribution < -0.4 is 0 Å². The van der Waals surface area contributed by atoms with Gasteiger partial charge in [-0.2, -0.15) is 11.8 Å². The van der Waals surface area contributed by atoms with Gasteiger partial charge in [-0.05, 0) is 31.5 Å². The van der Waals surface area contributed by atoms with Gasteiger partial charge >= 0.3 is 0 Å². The summed E-state index contributed by atoms with van der Waals surface area (Å²) in [4.78, 5) is 0. The molecule has 1 aliphatic rings. The summed E-state index contributed by atoms with van der Waals surface area (Å²) in [5, 5.41) is 0.863. The number of hydrogen-bond acceptors (Lipinski definition) is 3. The van der Waals surface area contributed by atoms with E-state index in [1.165, 1.54) is 6.42 Å². The molecule has 1 saturated carbocycles. The molecule has 0 radical (unpaired) electrons. The van der Waals surface area contributed by atoms with Gasteiger partial charge in [-0.25, -0.2) is 0 Å². The van der Waals surface area contributed by atoms with Crippen molar-refractivity contribution in [3.63, 3.8) is 0 Å². The first-order valence-corrected chi connectivity index (χ1v) is 4.33. The van der Waals surface area contributed by atoms with Crippen molar-refractivity contribution < 1.29 is 4.18 Å². The van der Waals surface area contributed by atoms with Crippen LogP contribution >= 0.6 is 24.7 Å². The molecule has 1 nitrogen and oxygen atoms in total. The minimum Gasteiger partial charge on any atom is -0.318 e. The van der Waals surface area contributed by atoms with Crippen LogP contribution in [-0.4, -0.2) is 18.1 Å². The van der Waals surface area contributed by atoms with E-state index in [0.29, 0.717) is 0 Å². The molecular weight excluding hydrogens is 140 g/mol. The number of thioether (sulfide) groups is 1. The molecular formula is C5H10OS2. The maximum atomic E-state index is 4.68. The van der Waals surface area contributed by atoms with Crippen molar-refractivity contribution in [1.29, 1.82) is 0 Å². The summed E-state index contributed by atoms with van der Waals surface area (Å²) >= 11 is 5.60. The Morgan fingerprint density at radius 3 is 3.00 bits per heavy atom. The van der Waals surface area contributed by atoms with Gasteiger partial charge in [-0.15, -0.1) is 0 Å². The molecule has 2 atom stereocenters. The van der Waals surface area contributed by atoms with E-state index in [0.717, 1.165) is 17.8 Å². The normalized spacial score (nSPS) is 35.2. The molecule has 0 N–H and O–H groups in total. The fraction of sp³-hybridized carbons (Fsp3) is 1.00. The molecule has 3 heteroatoms. The van der Waals surface area contributed by atoms with E-state index in [4.69, 9.17) is 0 Å². The zero-order valence-corrected chi connectivity index (χ0v) is 6.54. The van der Waals surface area contributed by atoms with Gasteiger partial charge in [0.2, 0.25) is 0 Å². The first kappa shape index (κ1) is 6.78. The Bertz CT molecular complexity index is 76.8. The quantitative estimate of drug-likeness (QED) is 0.483. The van der Waals surface area contributed by atoms with Crippen molar-refractivity contribution in [3.05, 3.63) is 0 Å². The molecule has 1 aliphatic carbocycles. The van der Waals surface area contributed by atoms with Gasteiger partial charge in [-0.3, -0.25) is 0 Å². The summed E-state index contributed by atoms with van der Waals surface area (Å²) in [7, 11) is 0. The Balaban J connectivity index is 1.99. The molecule has 8 heavy (non-hydrogen) atoms. The summed E-state index contributed by atoms with van der Waals surface area (Å²) in [6, 6.07) is 0. The lowest BCUT2D eigenvalue weighted by atomic mass is 10.5. The van der Waals surface area contributed by atoms with Crippen molar-refractivity contribution in [1.82, 2.24) is 0 Å². The highest BCUT2D eigenvalue weighted by Gasteiger charge is 2.35. The third-order valence-electron chi connectivity index (χ3n) is 1.45. The molecule has 0 spiro atoms. The van der Waals surface area contributed by atoms with Crippen LogP contribution in [-0.2, 0) is 4.18 Å². The van der Waals surface area contributed by atoms with E-state index in [1.807, 2.05) is 11.8 Å². The molecule has 1 fully saturated rings. The van der Waals surface area contributed by atoms with Crippen LogP contribution in [0.2, 0.25) is 0 Å². The molecule has 0 heterocycles. The zero-order valence-electron chi connectivity index (χ0n) is 4.83. The highest BCUT2D eigenvalue weighted by molar-refractivity contribution is 7.99. The molecule has 1 rings (SSSR count). The maximum Gasteiger partial charge on any atom is 0.0649 e. The Morgan fingerprint density at radius 1 is 1.88 bits per heavy atom. The number of rotatable bonds is 3. The largest absolute Gasteiger partial charge is 0.318 e. The second kappa shape index (κ2) is 2.99. The summed E-state index contributed by atoms with van der Waals surface area (Å²) in [6.45, 7) is 0.828. The molecule has 48 valence electrons. The van der Waals surface area contributed by atoms with Crippen LogP contribution in [0.1, 0.15) is 6.42 Å². The second-order valence-electron chi connectivity index (χ2n) is 2.07. The van der Waals surface area contributed by atoms with Crippen LogP contribution in [0.15, 0.2) is 0 Å². The Labute approximate surface area is 59.8 Å². The first-order chi connectivity index (χ1) is 3.88. The van der Waals surface area contributed by atoms with E-state index in [1.54, 1.807) is 0 Å². The molecule has 0 aliphatic heterocycles. The summed E-state index contributed by atoms with van der Waals surface area (Å²) < 4.78 is 4.68. The molecule has 0 amide bonds. The highest BCUT2D eigenvalue weighted by Crippen LogP contribution is 2.40. The minimum absolute atomic E-state index is 0.794. The average molecular weight is 150 g/mol. The monoisotopic (exact) mass is 150 g/mol. The Kier molecular flexibility index (Phi) is 2.53. The van der Waals surface area contributed by atoms with Crippen molar-refractivity contribution in [3.8, 4) is 0 Å². The van der Waals surface area contributed by atoms with Crippen LogP contribution in [0, 0.1) is 5.92 Å². The van der Waals surface area contributed by atoms with E-state index in [-0.39, 0.29) is 0 Å². The lowest BCUT2D eigenvalue weighted by molar-refractivity contribution is 0.360. The lowest BCUT2D eigenvalue weighted by Crippen LogP contribution is -1.89. The first-order valence-electron chi connectivity index (χ1n) is 2.67. The number of hydrogen-bond donors (Lipinski definition) is 1. The maximum absolute atomic E-state index is 4.68. The third-order valence-corrected chi connectivity index (χ3v) is 2.78. The predicted molar refractivity (Wildman–Crippen MR) is 40.3 cm³/mol. The number of thiol groups is 1. The van der Waals surface area contributed by atoms with Crippen molar-refractivity contribution in [2.24, 2.45) is 5.92 Å². The fourth-order valence-electron chi connectivity index (χ4n) is 0.780. The molecule has 0 aromatic rings. The predicted octanol–water partition coefficient (Wildman–Crippen LogP) is 1.60. The fourth-order valence-corrected chi connectivity index (χ4v) is 1.87. The molecule has 2 unspecified atom stereocenters. The van der Waals surface area contributed by atoms with Gasteiger partial charge in [0, 0.05) is 5.25 Å². The SMILES string of the molecule is CSC1CC1COS. The molecule has 0 saturated heterocycles. The average Bonchev–Trinajstić information content (AvgIpc) is 2.48. The van der Waals surface area contributed by atoms with Gasteiger partial charge in [0.25, 0.3) is 0 Å². The van der Waals surface area contributed by atoms with E-state index >= 15 is 0 Å². The smallest absolute Gasteiger partial charge is 0.0649 e. The molecule has 0 bridgehead atoms. The van der Waals surface area contributed by atoms with Crippen molar-refractivity contribution in [2.75, 3.05) is 12.9 Å². The van der Waals surface area contributed by atoms with Crippen LogP contribution in [0.4, 0.5) is 0 Å². The van der Waals surface area contributed by atoms with E-state index in [9.17, 15) is 0 Å². The summed E-state index contributed by atoms with van der Waals surface area (Å²) in [6.07, 6.45) is 3.46. The summed E-state index contributed by atoms with van der Waals surface area (Å²) in [5.74, 6) is 0.794. The van der Waals surface area contributed by atoms with Crippen molar-refractivity contribution in [2.45, 2.75) is 11.7 Å². The molecule has 0 aromatic heterocycles. The Morgan fingerprint density at radius 2 is 2.62 bits per heavy atom. The molecule has 0 aromatic carbocycles. The van der Waals surface area contributed by atoms with E-state index < -0.39 is 0 Å². The zero-order chi connectivity index (χ0) is 5.98. The second-order valence-corrected chi connectivity index (χ2v) is 3.40. The van der Waals surface area contributed by atoms with Gasteiger partial charge in [0.15, 0.2) is 0 Å². The van der Waals surface area contributed by atoms with Gasteiger partial charge < -0.3 is 4.18 Å². The van der Waals surface area contributed by atoms with Crippen LogP contribution in [0.25, 0.3) is 0 Å². The topological polar surface area (TPSA) is 9.23 Å². The minimum atomic E-state index is 0.794. The third kappa shape index (κ3) is 1.57. The Hall–Kier alpha value is 0.660. The standard InChI is InChI=1S/C5H10OS2/c1-8-5-2-4(5)3-6-7/h4-5,7H,2-3H2,1H3. The summed E-state index contributed by atoms with van der Waals surface area (Å²) in [5.41, 5.74) is 0. The van der Waals surface area contributed by atoms with E-state index in [2.05, 4.69) is 23.3 Å². The van der Waals surface area contributed by atoms with Crippen LogP contribution in [0.3, 0.4) is 0 Å². The van der Waals surface area contributed by atoms with Crippen LogP contribution in [0.5, 0.6) is 0 Å². The lowest BCUT2D eigenvalue weighted by Gasteiger charge is -1.90. The highest BCUT2D eigenvalue weighted by atomic mass is 32.2. The van der Waals surface area contributed by atoms with Gasteiger partial charge in [0.1, 0.15) is 0 Å².